The molecule has 4 nitrogen and oxygen atoms in total. The number of hydrogen-bond donors (Lipinski definition) is 1. The lowest BCUT2D eigenvalue weighted by Gasteiger charge is -2.02. The van der Waals surface area contributed by atoms with Gasteiger partial charge in [0, 0.05) is 11.4 Å². The van der Waals surface area contributed by atoms with Gasteiger partial charge in [0.25, 0.3) is 0 Å². The topological polar surface area (TPSA) is 51.2 Å². The van der Waals surface area contributed by atoms with E-state index in [0.717, 1.165) is 16.9 Å². The van der Waals surface area contributed by atoms with Crippen LogP contribution in [0.25, 0.3) is 0 Å². The zero-order chi connectivity index (χ0) is 14.5. The van der Waals surface area contributed by atoms with E-state index in [1.807, 2.05) is 6.92 Å². The second-order valence-corrected chi connectivity index (χ2v) is 5.42. The van der Waals surface area contributed by atoms with E-state index in [4.69, 9.17) is 0 Å². The molecule has 0 amide bonds. The van der Waals surface area contributed by atoms with Gasteiger partial charge in [-0.3, -0.25) is 0 Å². The number of aryl methyl sites for hydroxylation is 1. The molecular weight excluding hydrogens is 279 g/mol. The number of halogens is 1. The molecule has 6 heteroatoms. The maximum atomic E-state index is 12.8. The summed E-state index contributed by atoms with van der Waals surface area (Å²) >= 11 is 1.41. The van der Waals surface area contributed by atoms with Gasteiger partial charge in [-0.05, 0) is 31.0 Å². The maximum Gasteiger partial charge on any atom is 0.357 e. The van der Waals surface area contributed by atoms with Gasteiger partial charge in [0.05, 0.1) is 7.11 Å². The highest BCUT2D eigenvalue weighted by Crippen LogP contribution is 2.22. The van der Waals surface area contributed by atoms with Crippen LogP contribution in [0.4, 0.5) is 9.52 Å². The maximum absolute atomic E-state index is 12.8. The Bertz CT molecular complexity index is 596. The summed E-state index contributed by atoms with van der Waals surface area (Å²) in [6, 6.07) is 6.39. The smallest absolute Gasteiger partial charge is 0.357 e. The fraction of sp³-hybridized carbons (Fsp3) is 0.286. The number of aromatic nitrogens is 1. The Morgan fingerprint density at radius 3 is 2.75 bits per heavy atom. The Hall–Kier alpha value is -1.95. The average Bonchev–Trinajstić information content (AvgIpc) is 2.81. The summed E-state index contributed by atoms with van der Waals surface area (Å²) in [5.41, 5.74) is 1.39. The second kappa shape index (κ2) is 6.47. The molecule has 0 saturated heterocycles. The molecule has 0 spiro atoms. The molecule has 2 aromatic rings. The first kappa shape index (κ1) is 14.5. The Kier molecular flexibility index (Phi) is 4.68. The minimum Gasteiger partial charge on any atom is -0.464 e. The van der Waals surface area contributed by atoms with Gasteiger partial charge in [0.2, 0.25) is 0 Å². The van der Waals surface area contributed by atoms with Crippen LogP contribution in [-0.2, 0) is 11.2 Å². The molecule has 1 N–H and O–H groups in total. The molecule has 2 rings (SSSR count). The van der Waals surface area contributed by atoms with Crippen molar-refractivity contribution in [3.05, 3.63) is 46.2 Å². The molecule has 0 unspecified atom stereocenters. The lowest BCUT2D eigenvalue weighted by molar-refractivity contribution is 0.0594. The SMILES string of the molecule is COC(=O)c1nc(NCCc2ccc(F)cc2)sc1C. The van der Waals surface area contributed by atoms with Crippen molar-refractivity contribution in [1.29, 1.82) is 0 Å². The van der Waals surface area contributed by atoms with Gasteiger partial charge in [-0.1, -0.05) is 12.1 Å². The molecule has 20 heavy (non-hydrogen) atoms. The molecule has 1 aromatic carbocycles. The van der Waals surface area contributed by atoms with Crippen LogP contribution in [0.3, 0.4) is 0 Å². The number of ether oxygens (including phenoxy) is 1. The molecular formula is C14H15FN2O2S. The Balaban J connectivity index is 1.91. The number of anilines is 1. The number of thiazole rings is 1. The molecule has 106 valence electrons. The number of benzene rings is 1. The second-order valence-electron chi connectivity index (χ2n) is 4.22. The lowest BCUT2D eigenvalue weighted by Crippen LogP contribution is -2.06. The van der Waals surface area contributed by atoms with Crippen molar-refractivity contribution in [3.8, 4) is 0 Å². The predicted octanol–water partition coefficient (Wildman–Crippen LogP) is 3.03. The van der Waals surface area contributed by atoms with E-state index < -0.39 is 5.97 Å². The van der Waals surface area contributed by atoms with Gasteiger partial charge >= 0.3 is 5.97 Å². The average molecular weight is 294 g/mol. The van der Waals surface area contributed by atoms with Gasteiger partial charge < -0.3 is 10.1 Å². The van der Waals surface area contributed by atoms with Crippen LogP contribution < -0.4 is 5.32 Å². The van der Waals surface area contributed by atoms with Gasteiger partial charge in [-0.25, -0.2) is 14.2 Å². The molecule has 0 aliphatic rings. The summed E-state index contributed by atoms with van der Waals surface area (Å²) in [4.78, 5) is 16.5. The Morgan fingerprint density at radius 2 is 2.10 bits per heavy atom. The molecule has 1 aromatic heterocycles. The lowest BCUT2D eigenvalue weighted by atomic mass is 10.1. The number of methoxy groups -OCH3 is 1. The summed E-state index contributed by atoms with van der Waals surface area (Å²) in [7, 11) is 1.34. The zero-order valence-electron chi connectivity index (χ0n) is 11.3. The highest BCUT2D eigenvalue weighted by molar-refractivity contribution is 7.15. The number of nitrogens with zero attached hydrogens (tertiary/aromatic N) is 1. The summed E-state index contributed by atoms with van der Waals surface area (Å²) in [6.45, 7) is 2.49. The number of carbonyl (C=O) groups is 1. The van der Waals surface area contributed by atoms with Crippen molar-refractivity contribution in [2.24, 2.45) is 0 Å². The molecule has 1 heterocycles. The van der Waals surface area contributed by atoms with Crippen LogP contribution in [0.1, 0.15) is 20.9 Å². The first-order chi connectivity index (χ1) is 9.60. The minimum atomic E-state index is -0.426. The largest absolute Gasteiger partial charge is 0.464 e. The van der Waals surface area contributed by atoms with E-state index in [9.17, 15) is 9.18 Å². The number of nitrogens with one attached hydrogen (secondary N) is 1. The quantitative estimate of drug-likeness (QED) is 0.861. The van der Waals surface area contributed by atoms with E-state index in [1.54, 1.807) is 12.1 Å². The van der Waals surface area contributed by atoms with E-state index in [1.165, 1.54) is 30.6 Å². The summed E-state index contributed by atoms with van der Waals surface area (Å²) in [5.74, 6) is -0.662. The van der Waals surface area contributed by atoms with Gasteiger partial charge in [0.15, 0.2) is 10.8 Å². The highest BCUT2D eigenvalue weighted by Gasteiger charge is 2.15. The number of carbonyl (C=O) groups excluding carboxylic acids is 1. The Labute approximate surface area is 120 Å². The summed E-state index contributed by atoms with van der Waals surface area (Å²) in [5, 5.41) is 3.84. The third-order valence-electron chi connectivity index (χ3n) is 2.78. The summed E-state index contributed by atoms with van der Waals surface area (Å²) in [6.07, 6.45) is 0.756. The van der Waals surface area contributed by atoms with Crippen molar-refractivity contribution < 1.29 is 13.9 Å². The first-order valence-electron chi connectivity index (χ1n) is 6.14. The molecule has 0 atom stereocenters. The van der Waals surface area contributed by atoms with E-state index in [2.05, 4.69) is 15.0 Å². The van der Waals surface area contributed by atoms with Crippen LogP contribution in [0, 0.1) is 12.7 Å². The normalized spacial score (nSPS) is 10.3. The van der Waals surface area contributed by atoms with Crippen LogP contribution in [-0.4, -0.2) is 24.6 Å². The Morgan fingerprint density at radius 1 is 1.40 bits per heavy atom. The van der Waals surface area contributed by atoms with Crippen molar-refractivity contribution in [1.82, 2.24) is 4.98 Å². The van der Waals surface area contributed by atoms with Crippen LogP contribution in [0.2, 0.25) is 0 Å². The van der Waals surface area contributed by atoms with Gasteiger partial charge in [-0.2, -0.15) is 0 Å². The zero-order valence-corrected chi connectivity index (χ0v) is 12.1. The highest BCUT2D eigenvalue weighted by atomic mass is 32.1. The molecule has 0 fully saturated rings. The predicted molar refractivity (Wildman–Crippen MR) is 76.8 cm³/mol. The van der Waals surface area contributed by atoms with Crippen LogP contribution in [0.15, 0.2) is 24.3 Å². The van der Waals surface area contributed by atoms with Crippen molar-refractivity contribution >= 4 is 22.4 Å². The number of hydrogen-bond acceptors (Lipinski definition) is 5. The molecule has 0 radical (unpaired) electrons. The van der Waals surface area contributed by atoms with Crippen LogP contribution >= 0.6 is 11.3 Å². The van der Waals surface area contributed by atoms with E-state index in [-0.39, 0.29) is 5.82 Å². The van der Waals surface area contributed by atoms with Crippen molar-refractivity contribution in [3.63, 3.8) is 0 Å². The van der Waals surface area contributed by atoms with Crippen LogP contribution in [0.5, 0.6) is 0 Å². The molecule has 0 saturated carbocycles. The third kappa shape index (κ3) is 3.54. The van der Waals surface area contributed by atoms with Gasteiger partial charge in [-0.15, -0.1) is 11.3 Å². The monoisotopic (exact) mass is 294 g/mol. The van der Waals surface area contributed by atoms with Crippen molar-refractivity contribution in [2.75, 3.05) is 19.0 Å². The van der Waals surface area contributed by atoms with E-state index >= 15 is 0 Å². The summed E-state index contributed by atoms with van der Waals surface area (Å²) < 4.78 is 17.4. The molecule has 0 aliphatic heterocycles. The number of esters is 1. The molecule has 0 aliphatic carbocycles. The molecule has 0 bridgehead atoms. The minimum absolute atomic E-state index is 0.236. The fourth-order valence-corrected chi connectivity index (χ4v) is 2.55. The number of rotatable bonds is 5. The van der Waals surface area contributed by atoms with Gasteiger partial charge in [0.1, 0.15) is 5.82 Å². The third-order valence-corrected chi connectivity index (χ3v) is 3.71. The standard InChI is InChI=1S/C14H15FN2O2S/c1-9-12(13(18)19-2)17-14(20-9)16-8-7-10-3-5-11(15)6-4-10/h3-6H,7-8H2,1-2H3,(H,16,17). The first-order valence-corrected chi connectivity index (χ1v) is 6.96. The van der Waals surface area contributed by atoms with Crippen molar-refractivity contribution in [2.45, 2.75) is 13.3 Å². The fourth-order valence-electron chi connectivity index (χ4n) is 1.72. The van der Waals surface area contributed by atoms with E-state index in [0.29, 0.717) is 17.4 Å².